The molecule has 1 aliphatic carbocycles. The number of rotatable bonds is 7. The average molecular weight is 474 g/mol. The number of nitrogens with one attached hydrogen (secondary N) is 1. The Balaban J connectivity index is 1.34. The number of hydrogen-bond acceptors (Lipinski definition) is 4. The molecule has 5 rings (SSSR count). The fraction of sp³-hybridized carbons (Fsp3) is 0.296. The molecule has 1 atom stereocenters. The highest BCUT2D eigenvalue weighted by Gasteiger charge is 2.54. The normalized spacial score (nSPS) is 19.2. The van der Waals surface area contributed by atoms with E-state index in [0.717, 1.165) is 39.3 Å². The van der Waals surface area contributed by atoms with Gasteiger partial charge in [0, 0.05) is 11.4 Å². The Morgan fingerprint density at radius 1 is 1.03 bits per heavy atom. The molecular weight excluding hydrogens is 446 g/mol. The van der Waals surface area contributed by atoms with Crippen molar-refractivity contribution in [2.75, 3.05) is 13.1 Å². The molecule has 2 aliphatic rings. The molecule has 1 aromatic heterocycles. The highest BCUT2D eigenvalue weighted by Crippen LogP contribution is 2.39. The maximum atomic E-state index is 13.6. The second-order valence-corrected chi connectivity index (χ2v) is 9.90. The number of carbonyl (C=O) groups is 3. The fourth-order valence-electron chi connectivity index (χ4n) is 4.98. The van der Waals surface area contributed by atoms with Crippen LogP contribution in [0.2, 0.25) is 0 Å². The van der Waals surface area contributed by atoms with Crippen molar-refractivity contribution in [1.82, 2.24) is 15.1 Å². The van der Waals surface area contributed by atoms with E-state index in [0.29, 0.717) is 25.9 Å². The number of carbonyl (C=O) groups excluding carboxylic acids is 3. The number of nitrogens with zero attached hydrogens (tertiary/aromatic N) is 2. The van der Waals surface area contributed by atoms with Gasteiger partial charge in [-0.25, -0.2) is 4.79 Å². The van der Waals surface area contributed by atoms with Crippen LogP contribution in [0.5, 0.6) is 0 Å². The summed E-state index contributed by atoms with van der Waals surface area (Å²) in [7, 11) is 0. The number of aryl methyl sites for hydroxylation is 1. The molecule has 34 heavy (non-hydrogen) atoms. The van der Waals surface area contributed by atoms with Gasteiger partial charge in [-0.05, 0) is 53.8 Å². The van der Waals surface area contributed by atoms with E-state index in [4.69, 9.17) is 0 Å². The number of hydrogen-bond donors (Lipinski definition) is 1. The quantitative estimate of drug-likeness (QED) is 0.525. The molecule has 1 unspecified atom stereocenters. The number of benzene rings is 2. The summed E-state index contributed by atoms with van der Waals surface area (Å²) in [6, 6.07) is 21.2. The lowest BCUT2D eigenvalue weighted by molar-refractivity contribution is -0.139. The first-order chi connectivity index (χ1) is 16.6. The van der Waals surface area contributed by atoms with E-state index in [-0.39, 0.29) is 18.4 Å². The third-order valence-corrected chi connectivity index (χ3v) is 7.60. The molecule has 4 amide bonds. The van der Waals surface area contributed by atoms with E-state index in [2.05, 4.69) is 5.32 Å². The predicted molar refractivity (Wildman–Crippen MR) is 131 cm³/mol. The Morgan fingerprint density at radius 2 is 1.82 bits per heavy atom. The summed E-state index contributed by atoms with van der Waals surface area (Å²) in [5.74, 6) is -0.550. The maximum Gasteiger partial charge on any atom is 0.325 e. The molecule has 0 bridgehead atoms. The first-order valence-electron chi connectivity index (χ1n) is 11.6. The summed E-state index contributed by atoms with van der Waals surface area (Å²) in [6.45, 7) is 0.716. The van der Waals surface area contributed by atoms with E-state index in [1.165, 1.54) is 0 Å². The van der Waals surface area contributed by atoms with Gasteiger partial charge in [0.05, 0.1) is 6.54 Å². The molecule has 1 aliphatic heterocycles. The van der Waals surface area contributed by atoms with E-state index >= 15 is 0 Å². The van der Waals surface area contributed by atoms with Crippen LogP contribution in [-0.4, -0.2) is 40.7 Å². The molecule has 0 saturated carbocycles. The Morgan fingerprint density at radius 3 is 2.62 bits per heavy atom. The highest BCUT2D eigenvalue weighted by molar-refractivity contribution is 7.09. The molecule has 3 aromatic rings. The molecule has 0 radical (unpaired) electrons. The van der Waals surface area contributed by atoms with Gasteiger partial charge in [0.2, 0.25) is 5.91 Å². The van der Waals surface area contributed by atoms with Crippen LogP contribution in [0.1, 0.15) is 34.4 Å². The van der Waals surface area contributed by atoms with Gasteiger partial charge in [0.25, 0.3) is 5.91 Å². The molecule has 1 spiro atoms. The van der Waals surface area contributed by atoms with Crippen molar-refractivity contribution in [2.24, 2.45) is 0 Å². The lowest BCUT2D eigenvalue weighted by Gasteiger charge is -2.33. The second kappa shape index (κ2) is 9.43. The first-order valence-corrected chi connectivity index (χ1v) is 12.5. The SMILES string of the molecule is O=C(CN1C(=O)NC2(CCCc3ccccc32)C1=O)N(CCc1ccccc1)Cc1cccs1. The van der Waals surface area contributed by atoms with Crippen molar-refractivity contribution >= 4 is 29.2 Å². The third-order valence-electron chi connectivity index (χ3n) is 6.74. The van der Waals surface area contributed by atoms with Crippen LogP contribution < -0.4 is 5.32 Å². The van der Waals surface area contributed by atoms with Crippen LogP contribution in [0.15, 0.2) is 72.1 Å². The van der Waals surface area contributed by atoms with Crippen LogP contribution >= 0.6 is 11.3 Å². The van der Waals surface area contributed by atoms with E-state index in [9.17, 15) is 14.4 Å². The predicted octanol–water partition coefficient (Wildman–Crippen LogP) is 4.10. The summed E-state index contributed by atoms with van der Waals surface area (Å²) in [5.41, 5.74) is 2.01. The number of imide groups is 1. The average Bonchev–Trinajstić information content (AvgIpc) is 3.45. The van der Waals surface area contributed by atoms with Crippen molar-refractivity contribution in [1.29, 1.82) is 0 Å². The van der Waals surface area contributed by atoms with Gasteiger partial charge in [0.15, 0.2) is 0 Å². The molecule has 1 N–H and O–H groups in total. The van der Waals surface area contributed by atoms with Gasteiger partial charge in [0.1, 0.15) is 12.1 Å². The Kier molecular flexibility index (Phi) is 6.20. The zero-order chi connectivity index (χ0) is 23.5. The molecule has 174 valence electrons. The standard InChI is InChI=1S/C27H27N3O3S/c31-24(29(18-22-12-7-17-34-22)16-14-20-8-2-1-3-9-20)19-30-25(32)27(28-26(30)33)15-6-11-21-10-4-5-13-23(21)27/h1-5,7-10,12-13,17H,6,11,14-16,18-19H2,(H,28,33). The molecule has 1 saturated heterocycles. The van der Waals surface area contributed by atoms with Crippen molar-refractivity contribution in [2.45, 2.75) is 37.8 Å². The molecule has 1 fully saturated rings. The van der Waals surface area contributed by atoms with Gasteiger partial charge >= 0.3 is 6.03 Å². The van der Waals surface area contributed by atoms with Crippen LogP contribution in [0.3, 0.4) is 0 Å². The van der Waals surface area contributed by atoms with E-state index in [1.807, 2.05) is 72.1 Å². The van der Waals surface area contributed by atoms with Crippen molar-refractivity contribution < 1.29 is 14.4 Å². The Bertz CT molecular complexity index is 1190. The second-order valence-electron chi connectivity index (χ2n) is 8.87. The molecular formula is C27H27N3O3S. The minimum absolute atomic E-state index is 0.228. The summed E-state index contributed by atoms with van der Waals surface area (Å²) < 4.78 is 0. The van der Waals surface area contributed by atoms with Gasteiger partial charge in [-0.1, -0.05) is 60.7 Å². The van der Waals surface area contributed by atoms with Crippen LogP contribution in [0.4, 0.5) is 4.79 Å². The number of fused-ring (bicyclic) bond motifs is 2. The molecule has 7 heteroatoms. The lowest BCUT2D eigenvalue weighted by atomic mass is 9.76. The lowest BCUT2D eigenvalue weighted by Crippen LogP contribution is -2.47. The minimum Gasteiger partial charge on any atom is -0.336 e. The largest absolute Gasteiger partial charge is 0.336 e. The summed E-state index contributed by atoms with van der Waals surface area (Å²) in [5, 5.41) is 4.92. The Hall–Kier alpha value is -3.45. The van der Waals surface area contributed by atoms with Crippen molar-refractivity contribution in [3.8, 4) is 0 Å². The van der Waals surface area contributed by atoms with Gasteiger partial charge in [-0.2, -0.15) is 0 Å². The molecule has 2 aromatic carbocycles. The number of thiophene rings is 1. The zero-order valence-electron chi connectivity index (χ0n) is 18.9. The van der Waals surface area contributed by atoms with Crippen LogP contribution in [-0.2, 0) is 34.5 Å². The zero-order valence-corrected chi connectivity index (χ0v) is 19.7. The Labute approximate surface area is 203 Å². The third kappa shape index (κ3) is 4.23. The number of urea groups is 1. The van der Waals surface area contributed by atoms with Gasteiger partial charge < -0.3 is 10.2 Å². The smallest absolute Gasteiger partial charge is 0.325 e. The molecule has 6 nitrogen and oxygen atoms in total. The topological polar surface area (TPSA) is 69.7 Å². The summed E-state index contributed by atoms with van der Waals surface area (Å²) in [4.78, 5) is 43.9. The highest BCUT2D eigenvalue weighted by atomic mass is 32.1. The van der Waals surface area contributed by atoms with E-state index < -0.39 is 11.6 Å². The number of amides is 4. The molecule has 2 heterocycles. The summed E-state index contributed by atoms with van der Waals surface area (Å²) in [6.07, 6.45) is 2.95. The van der Waals surface area contributed by atoms with Crippen LogP contribution in [0.25, 0.3) is 0 Å². The van der Waals surface area contributed by atoms with Gasteiger partial charge in [-0.15, -0.1) is 11.3 Å². The fourth-order valence-corrected chi connectivity index (χ4v) is 5.70. The maximum absolute atomic E-state index is 13.6. The van der Waals surface area contributed by atoms with Gasteiger partial charge in [-0.3, -0.25) is 14.5 Å². The van der Waals surface area contributed by atoms with Crippen molar-refractivity contribution in [3.05, 3.63) is 93.7 Å². The van der Waals surface area contributed by atoms with Crippen LogP contribution in [0, 0.1) is 0 Å². The first kappa shape index (κ1) is 22.3. The summed E-state index contributed by atoms with van der Waals surface area (Å²) >= 11 is 1.59. The monoisotopic (exact) mass is 473 g/mol. The minimum atomic E-state index is -1.06. The van der Waals surface area contributed by atoms with E-state index in [1.54, 1.807) is 16.2 Å². The van der Waals surface area contributed by atoms with Crippen molar-refractivity contribution in [3.63, 3.8) is 0 Å².